The molecule has 3 aliphatic heterocycles. The molecule has 3 heterocycles. The molecule has 0 aliphatic carbocycles. The average Bonchev–Trinajstić information content (AvgIpc) is 2.53. The highest BCUT2D eigenvalue weighted by molar-refractivity contribution is 5.74. The summed E-state index contributed by atoms with van der Waals surface area (Å²) in [4.78, 5) is 14.3. The summed E-state index contributed by atoms with van der Waals surface area (Å²) in [5, 5.41) is 5.64. The Morgan fingerprint density at radius 3 is 2.75 bits per heavy atom. The van der Waals surface area contributed by atoms with Gasteiger partial charge in [-0.2, -0.15) is 0 Å². The Balaban J connectivity index is 1.64. The fraction of sp³-hybridized carbons (Fsp3) is 0.562. The molecule has 2 bridgehead atoms. The fourth-order valence-electron chi connectivity index (χ4n) is 2.96. The second kappa shape index (κ2) is 5.83. The number of amides is 2. The van der Waals surface area contributed by atoms with Crippen molar-refractivity contribution in [3.63, 3.8) is 0 Å². The molecule has 3 aliphatic rings. The summed E-state index contributed by atoms with van der Waals surface area (Å²) in [6.45, 7) is 2.96. The van der Waals surface area contributed by atoms with Crippen LogP contribution < -0.4 is 10.6 Å². The second-order valence-electron chi connectivity index (χ2n) is 5.63. The van der Waals surface area contributed by atoms with E-state index in [4.69, 9.17) is 2.74 Å². The monoisotopic (exact) mass is 277 g/mol. The van der Waals surface area contributed by atoms with Crippen molar-refractivity contribution in [1.29, 1.82) is 0 Å². The molecule has 108 valence electrons. The molecule has 3 fully saturated rings. The highest BCUT2D eigenvalue weighted by Crippen LogP contribution is 2.27. The maximum atomic E-state index is 12.3. The smallest absolute Gasteiger partial charge is 0.315 e. The number of benzene rings is 1. The Hall–Kier alpha value is -1.55. The third kappa shape index (κ3) is 2.96. The molecule has 4 nitrogen and oxygen atoms in total. The lowest BCUT2D eigenvalue weighted by Gasteiger charge is -2.44. The van der Waals surface area contributed by atoms with Crippen molar-refractivity contribution in [3.8, 4) is 0 Å². The molecule has 0 aromatic heterocycles. The van der Waals surface area contributed by atoms with Crippen LogP contribution in [-0.4, -0.2) is 36.6 Å². The summed E-state index contributed by atoms with van der Waals surface area (Å²) in [6.07, 6.45) is 1.76. The zero-order valence-electron chi connectivity index (χ0n) is 13.8. The Bertz CT molecular complexity index is 529. The lowest BCUT2D eigenvalue weighted by atomic mass is 9.84. The van der Waals surface area contributed by atoms with E-state index in [9.17, 15) is 4.79 Å². The van der Waals surface area contributed by atoms with Gasteiger partial charge in [0, 0.05) is 13.9 Å². The fourth-order valence-corrected chi connectivity index (χ4v) is 2.96. The first kappa shape index (κ1) is 11.1. The third-order valence-electron chi connectivity index (χ3n) is 4.20. The van der Waals surface area contributed by atoms with Crippen LogP contribution in [-0.2, 0) is 0 Å². The van der Waals surface area contributed by atoms with Crippen LogP contribution in [0.3, 0.4) is 0 Å². The molecule has 4 heteroatoms. The first-order valence-corrected chi connectivity index (χ1v) is 7.30. The third-order valence-corrected chi connectivity index (χ3v) is 4.20. The van der Waals surface area contributed by atoms with Crippen LogP contribution in [0.5, 0.6) is 0 Å². The zero-order chi connectivity index (χ0) is 15.7. The van der Waals surface area contributed by atoms with Crippen LogP contribution in [0, 0.1) is 5.92 Å². The quantitative estimate of drug-likeness (QED) is 0.889. The molecule has 20 heavy (non-hydrogen) atoms. The van der Waals surface area contributed by atoms with E-state index in [1.165, 1.54) is 0 Å². The molecule has 0 spiro atoms. The van der Waals surface area contributed by atoms with Crippen molar-refractivity contribution in [2.24, 2.45) is 5.92 Å². The van der Waals surface area contributed by atoms with Gasteiger partial charge in [0.2, 0.25) is 0 Å². The average molecular weight is 277 g/mol. The van der Waals surface area contributed by atoms with Gasteiger partial charge in [-0.05, 0) is 44.3 Å². The second-order valence-corrected chi connectivity index (χ2v) is 5.63. The number of carbonyl (C=O) groups excluding carboxylic acids is 1. The highest BCUT2D eigenvalue weighted by atomic mass is 16.2. The summed E-state index contributed by atoms with van der Waals surface area (Å²) in [6, 6.07) is 8.03. The first-order chi connectivity index (χ1) is 10.5. The minimum absolute atomic E-state index is 0.0674. The summed E-state index contributed by atoms with van der Waals surface area (Å²) in [7, 11) is 0. The number of nitrogens with zero attached hydrogens (tertiary/aromatic N) is 1. The van der Waals surface area contributed by atoms with Gasteiger partial charge >= 0.3 is 6.03 Å². The molecule has 1 aromatic carbocycles. The van der Waals surface area contributed by atoms with E-state index in [-0.39, 0.29) is 18.0 Å². The van der Waals surface area contributed by atoms with Gasteiger partial charge < -0.3 is 15.5 Å². The van der Waals surface area contributed by atoms with Crippen molar-refractivity contribution in [1.82, 2.24) is 15.5 Å². The molecule has 0 radical (unpaired) electrons. The summed E-state index contributed by atoms with van der Waals surface area (Å²) >= 11 is 0. The molecule has 1 aromatic rings. The maximum Gasteiger partial charge on any atom is 0.315 e. The molecule has 3 saturated heterocycles. The maximum absolute atomic E-state index is 12.3. The van der Waals surface area contributed by atoms with Gasteiger partial charge in [-0.3, -0.25) is 0 Å². The number of carbonyl (C=O) groups is 1. The van der Waals surface area contributed by atoms with E-state index in [0.717, 1.165) is 31.5 Å². The van der Waals surface area contributed by atoms with Crippen molar-refractivity contribution in [2.75, 3.05) is 19.6 Å². The van der Waals surface area contributed by atoms with Crippen LogP contribution in [0.1, 0.15) is 34.1 Å². The van der Waals surface area contributed by atoms with Crippen molar-refractivity contribution < 1.29 is 7.54 Å². The van der Waals surface area contributed by atoms with E-state index in [1.54, 1.807) is 0 Å². The SMILES string of the molecule is [3H]C1N2CCC(CC2)C1([3H])NC(=O)N[C@H](C)c1ccccc1. The number of urea groups is 1. The van der Waals surface area contributed by atoms with Crippen LogP contribution >= 0.6 is 0 Å². The van der Waals surface area contributed by atoms with Gasteiger partial charge in [0.25, 0.3) is 0 Å². The Kier molecular flexibility index (Phi) is 3.25. The van der Waals surface area contributed by atoms with E-state index >= 15 is 0 Å². The lowest BCUT2D eigenvalue weighted by Crippen LogP contribution is -2.58. The summed E-state index contributed by atoms with van der Waals surface area (Å²) < 4.78 is 16.8. The molecule has 3 atom stereocenters. The topological polar surface area (TPSA) is 44.4 Å². The Morgan fingerprint density at radius 1 is 1.40 bits per heavy atom. The first-order valence-electron chi connectivity index (χ1n) is 8.38. The number of piperidine rings is 3. The molecule has 2 N–H and O–H groups in total. The standard InChI is InChI=1S/C16H23N3O/c1-12(13-5-3-2-4-6-13)17-16(20)18-15-11-19-9-7-14(15)8-10-19/h2-6,12,14-15H,7-11H2,1H3,(H2,17,18,20)/t12-,15?/m1/s1/i11T,15T/t11?,12-,15?. The summed E-state index contributed by atoms with van der Waals surface area (Å²) in [5.74, 6) is 0.0674. The van der Waals surface area contributed by atoms with Gasteiger partial charge in [0.1, 0.15) is 0 Å². The van der Waals surface area contributed by atoms with Crippen LogP contribution in [0.25, 0.3) is 0 Å². The van der Waals surface area contributed by atoms with Crippen LogP contribution in [0.4, 0.5) is 4.79 Å². The number of fused-ring (bicyclic) bond motifs is 3. The van der Waals surface area contributed by atoms with Crippen LogP contribution in [0.2, 0.25) is 0 Å². The summed E-state index contributed by atoms with van der Waals surface area (Å²) in [5.41, 5.74) is 1.02. The zero-order valence-corrected chi connectivity index (χ0v) is 11.8. The van der Waals surface area contributed by atoms with E-state index in [0.29, 0.717) is 0 Å². The highest BCUT2D eigenvalue weighted by Gasteiger charge is 2.34. The van der Waals surface area contributed by atoms with Crippen molar-refractivity contribution >= 4 is 6.03 Å². The van der Waals surface area contributed by atoms with Crippen molar-refractivity contribution in [3.05, 3.63) is 35.9 Å². The Morgan fingerprint density at radius 2 is 2.10 bits per heavy atom. The molecule has 0 saturated carbocycles. The molecule has 4 rings (SSSR count). The van der Waals surface area contributed by atoms with E-state index in [2.05, 4.69) is 10.6 Å². The van der Waals surface area contributed by atoms with Crippen LogP contribution in [0.15, 0.2) is 30.3 Å². The van der Waals surface area contributed by atoms with E-state index < -0.39 is 12.5 Å². The number of nitrogens with one attached hydrogen (secondary N) is 2. The number of hydrogen-bond donors (Lipinski definition) is 2. The van der Waals surface area contributed by atoms with Gasteiger partial charge in [0.15, 0.2) is 0 Å². The minimum atomic E-state index is -1.21. The molecule has 2 unspecified atom stereocenters. The number of hydrogen-bond acceptors (Lipinski definition) is 2. The minimum Gasteiger partial charge on any atom is -0.334 e. The molecular weight excluding hydrogens is 250 g/mol. The van der Waals surface area contributed by atoms with Gasteiger partial charge in [-0.1, -0.05) is 30.3 Å². The van der Waals surface area contributed by atoms with E-state index in [1.807, 2.05) is 42.2 Å². The lowest BCUT2D eigenvalue weighted by molar-refractivity contribution is 0.0764. The van der Waals surface area contributed by atoms with Gasteiger partial charge in [-0.15, -0.1) is 0 Å². The number of rotatable bonds is 3. The largest absolute Gasteiger partial charge is 0.334 e. The van der Waals surface area contributed by atoms with Gasteiger partial charge in [0.05, 0.1) is 7.41 Å². The predicted molar refractivity (Wildman–Crippen MR) is 79.5 cm³/mol. The van der Waals surface area contributed by atoms with Crippen molar-refractivity contribution in [2.45, 2.75) is 31.8 Å². The molecular formula is C16H23N3O. The Labute approximate surface area is 123 Å². The predicted octanol–water partition coefficient (Wildman–Crippen LogP) is 2.14. The normalized spacial score (nSPS) is 38.5. The molecule has 2 amide bonds. The van der Waals surface area contributed by atoms with Gasteiger partial charge in [-0.25, -0.2) is 4.79 Å².